The summed E-state index contributed by atoms with van der Waals surface area (Å²) in [5.74, 6) is 2.12. The fourth-order valence-corrected chi connectivity index (χ4v) is 3.03. The highest BCUT2D eigenvalue weighted by Crippen LogP contribution is 2.20. The number of benzene rings is 1. The van der Waals surface area contributed by atoms with Crippen LogP contribution < -0.4 is 10.1 Å². The molecule has 7 nitrogen and oxygen atoms in total. The average molecular weight is 402 g/mol. The molecule has 1 N–H and O–H groups in total. The number of amides is 1. The van der Waals surface area contributed by atoms with Crippen molar-refractivity contribution in [2.24, 2.45) is 0 Å². The molecule has 3 heterocycles. The third-order valence-corrected chi connectivity index (χ3v) is 4.62. The lowest BCUT2D eigenvalue weighted by atomic mass is 10.1. The summed E-state index contributed by atoms with van der Waals surface area (Å²) in [7, 11) is 0. The van der Waals surface area contributed by atoms with Crippen LogP contribution in [0.15, 0.2) is 71.8 Å². The molecule has 1 amide bonds. The Labute approximate surface area is 174 Å². The van der Waals surface area contributed by atoms with Gasteiger partial charge in [0, 0.05) is 25.1 Å². The molecule has 0 unspecified atom stereocenters. The highest BCUT2D eigenvalue weighted by molar-refractivity contribution is 5.91. The maximum absolute atomic E-state index is 12.4. The minimum atomic E-state index is -0.286. The molecule has 152 valence electrons. The summed E-state index contributed by atoms with van der Waals surface area (Å²) in [5, 5.41) is 2.84. The van der Waals surface area contributed by atoms with Crippen LogP contribution in [0.3, 0.4) is 0 Å². The van der Waals surface area contributed by atoms with Crippen LogP contribution in [0, 0.1) is 13.8 Å². The molecule has 7 heteroatoms. The number of aromatic nitrogens is 3. The van der Waals surface area contributed by atoms with Crippen molar-refractivity contribution in [3.63, 3.8) is 0 Å². The van der Waals surface area contributed by atoms with Crippen LogP contribution >= 0.6 is 0 Å². The van der Waals surface area contributed by atoms with E-state index in [1.807, 2.05) is 48.9 Å². The molecule has 0 aliphatic rings. The van der Waals surface area contributed by atoms with Crippen LogP contribution in [0.2, 0.25) is 0 Å². The van der Waals surface area contributed by atoms with E-state index in [-0.39, 0.29) is 18.3 Å². The first-order valence-electron chi connectivity index (χ1n) is 9.59. The summed E-state index contributed by atoms with van der Waals surface area (Å²) in [4.78, 5) is 20.7. The predicted octanol–water partition coefficient (Wildman–Crippen LogP) is 3.99. The molecule has 0 aliphatic heterocycles. The van der Waals surface area contributed by atoms with E-state index in [1.54, 1.807) is 30.9 Å². The number of hydrogen-bond acceptors (Lipinski definition) is 5. The zero-order valence-corrected chi connectivity index (χ0v) is 16.8. The monoisotopic (exact) mass is 402 g/mol. The SMILES string of the molecule is Cc1ccc(OCc2ccc(C(=O)NCc3ccc(-n4ccnc4)nc3)o2)c(C)c1. The Morgan fingerprint density at radius 3 is 2.80 bits per heavy atom. The summed E-state index contributed by atoms with van der Waals surface area (Å²) < 4.78 is 13.2. The van der Waals surface area contributed by atoms with Crippen molar-refractivity contribution in [1.82, 2.24) is 19.9 Å². The second-order valence-electron chi connectivity index (χ2n) is 7.00. The molecule has 0 fully saturated rings. The number of nitrogens with one attached hydrogen (secondary N) is 1. The topological polar surface area (TPSA) is 82.2 Å². The van der Waals surface area contributed by atoms with Crippen LogP contribution in [-0.4, -0.2) is 20.4 Å². The molecule has 3 aromatic heterocycles. The van der Waals surface area contributed by atoms with Gasteiger partial charge < -0.3 is 14.5 Å². The molecule has 0 saturated heterocycles. The molecule has 1 aromatic carbocycles. The molecule has 0 bridgehead atoms. The number of furan rings is 1. The van der Waals surface area contributed by atoms with E-state index in [1.165, 1.54) is 5.56 Å². The average Bonchev–Trinajstić information content (AvgIpc) is 3.44. The van der Waals surface area contributed by atoms with Gasteiger partial charge >= 0.3 is 0 Å². The molecule has 30 heavy (non-hydrogen) atoms. The van der Waals surface area contributed by atoms with Crippen LogP contribution in [0.25, 0.3) is 5.82 Å². The van der Waals surface area contributed by atoms with Crippen molar-refractivity contribution in [3.8, 4) is 11.6 Å². The number of rotatable bonds is 7. The van der Waals surface area contributed by atoms with Gasteiger partial charge in [-0.05, 0) is 49.2 Å². The van der Waals surface area contributed by atoms with Crippen molar-refractivity contribution in [1.29, 1.82) is 0 Å². The molecule has 0 atom stereocenters. The van der Waals surface area contributed by atoms with E-state index in [0.717, 1.165) is 22.7 Å². The Bertz CT molecular complexity index is 1130. The van der Waals surface area contributed by atoms with Gasteiger partial charge in [-0.15, -0.1) is 0 Å². The Morgan fingerprint density at radius 2 is 2.07 bits per heavy atom. The lowest BCUT2D eigenvalue weighted by molar-refractivity contribution is 0.0919. The molecule has 4 aromatic rings. The molecule has 0 aliphatic carbocycles. The maximum Gasteiger partial charge on any atom is 0.287 e. The van der Waals surface area contributed by atoms with Crippen LogP contribution in [0.4, 0.5) is 0 Å². The predicted molar refractivity (Wildman–Crippen MR) is 111 cm³/mol. The third kappa shape index (κ3) is 4.57. The molecule has 0 radical (unpaired) electrons. The second-order valence-corrected chi connectivity index (χ2v) is 7.00. The maximum atomic E-state index is 12.4. The van der Waals surface area contributed by atoms with Gasteiger partial charge in [0.25, 0.3) is 5.91 Å². The minimum absolute atomic E-state index is 0.247. The highest BCUT2D eigenvalue weighted by Gasteiger charge is 2.12. The zero-order valence-electron chi connectivity index (χ0n) is 16.8. The lowest BCUT2D eigenvalue weighted by Gasteiger charge is -2.08. The smallest absolute Gasteiger partial charge is 0.287 e. The van der Waals surface area contributed by atoms with Gasteiger partial charge in [-0.1, -0.05) is 23.8 Å². The summed E-state index contributed by atoms with van der Waals surface area (Å²) >= 11 is 0. The number of carbonyl (C=O) groups is 1. The van der Waals surface area contributed by atoms with E-state index in [0.29, 0.717) is 12.3 Å². The number of aryl methyl sites for hydroxylation is 2. The highest BCUT2D eigenvalue weighted by atomic mass is 16.5. The molecular weight excluding hydrogens is 380 g/mol. The summed E-state index contributed by atoms with van der Waals surface area (Å²) in [6.45, 7) is 4.65. The summed E-state index contributed by atoms with van der Waals surface area (Å²) in [6.07, 6.45) is 6.92. The van der Waals surface area contributed by atoms with Crippen LogP contribution in [-0.2, 0) is 13.2 Å². The van der Waals surface area contributed by atoms with Gasteiger partial charge in [0.15, 0.2) is 5.76 Å². The molecule has 4 rings (SSSR count). The van der Waals surface area contributed by atoms with Crippen molar-refractivity contribution in [2.45, 2.75) is 27.0 Å². The molecule has 0 saturated carbocycles. The van der Waals surface area contributed by atoms with Gasteiger partial charge in [0.1, 0.15) is 30.3 Å². The summed E-state index contributed by atoms with van der Waals surface area (Å²) in [5.41, 5.74) is 3.13. The molecule has 0 spiro atoms. The number of nitrogens with zero attached hydrogens (tertiary/aromatic N) is 3. The van der Waals surface area contributed by atoms with Gasteiger partial charge in [-0.3, -0.25) is 9.36 Å². The lowest BCUT2D eigenvalue weighted by Crippen LogP contribution is -2.22. The van der Waals surface area contributed by atoms with Crippen molar-refractivity contribution in [3.05, 3.63) is 95.6 Å². The van der Waals surface area contributed by atoms with Gasteiger partial charge in [0.05, 0.1) is 0 Å². The number of imidazole rings is 1. The fourth-order valence-electron chi connectivity index (χ4n) is 3.03. The Hall–Kier alpha value is -3.87. The Kier molecular flexibility index (Phi) is 5.61. The van der Waals surface area contributed by atoms with Gasteiger partial charge in [-0.25, -0.2) is 9.97 Å². The molecular formula is C23H22N4O3. The summed E-state index contributed by atoms with van der Waals surface area (Å²) in [6, 6.07) is 13.2. The normalized spacial score (nSPS) is 10.7. The first kappa shape index (κ1) is 19.4. The van der Waals surface area contributed by atoms with Crippen molar-refractivity contribution in [2.75, 3.05) is 0 Å². The Morgan fingerprint density at radius 1 is 1.17 bits per heavy atom. The van der Waals surface area contributed by atoms with Crippen LogP contribution in [0.1, 0.15) is 33.0 Å². The first-order valence-corrected chi connectivity index (χ1v) is 9.59. The van der Waals surface area contributed by atoms with E-state index in [2.05, 4.69) is 21.4 Å². The number of pyridine rings is 1. The van der Waals surface area contributed by atoms with Crippen molar-refractivity contribution < 1.29 is 13.9 Å². The van der Waals surface area contributed by atoms with E-state index < -0.39 is 0 Å². The van der Waals surface area contributed by atoms with E-state index in [4.69, 9.17) is 9.15 Å². The van der Waals surface area contributed by atoms with Crippen LogP contribution in [0.5, 0.6) is 5.75 Å². The number of ether oxygens (including phenoxy) is 1. The quantitative estimate of drug-likeness (QED) is 0.505. The number of hydrogen-bond donors (Lipinski definition) is 1. The third-order valence-electron chi connectivity index (χ3n) is 4.62. The second kappa shape index (κ2) is 8.65. The van der Waals surface area contributed by atoms with Gasteiger partial charge in [-0.2, -0.15) is 0 Å². The largest absolute Gasteiger partial charge is 0.485 e. The van der Waals surface area contributed by atoms with E-state index >= 15 is 0 Å². The first-order chi connectivity index (χ1) is 14.6. The van der Waals surface area contributed by atoms with Crippen molar-refractivity contribution >= 4 is 5.91 Å². The number of carbonyl (C=O) groups excluding carboxylic acids is 1. The van der Waals surface area contributed by atoms with E-state index in [9.17, 15) is 4.79 Å². The zero-order chi connectivity index (χ0) is 20.9. The standard InChI is InChI=1S/C23H22N4O3/c1-16-3-6-20(17(2)11-16)29-14-19-5-7-21(30-19)23(28)26-13-18-4-8-22(25-12-18)27-10-9-24-15-27/h3-12,15H,13-14H2,1-2H3,(H,26,28). The Balaban J connectivity index is 1.30. The van der Waals surface area contributed by atoms with Gasteiger partial charge in [0.2, 0.25) is 0 Å². The minimum Gasteiger partial charge on any atom is -0.485 e. The fraction of sp³-hybridized carbons (Fsp3) is 0.174.